The predicted octanol–water partition coefficient (Wildman–Crippen LogP) is 2.14. The lowest BCUT2D eigenvalue weighted by atomic mass is 10.1. The van der Waals surface area contributed by atoms with Crippen LogP contribution in [0.1, 0.15) is 15.9 Å². The van der Waals surface area contributed by atoms with Gasteiger partial charge in [0, 0.05) is 5.56 Å². The van der Waals surface area contributed by atoms with Crippen LogP contribution in [0, 0.1) is 0 Å². The highest BCUT2D eigenvalue weighted by molar-refractivity contribution is 5.89. The topological polar surface area (TPSA) is 37.3 Å². The van der Waals surface area contributed by atoms with Gasteiger partial charge in [-0.1, -0.05) is 24.3 Å². The van der Waals surface area contributed by atoms with Crippen LogP contribution < -0.4 is 0 Å². The van der Waals surface area contributed by atoms with Gasteiger partial charge in [-0.25, -0.2) is 0 Å². The highest BCUT2D eigenvalue weighted by Gasteiger charge is 1.97. The smallest absolute Gasteiger partial charge is 0.150 e. The van der Waals surface area contributed by atoms with Crippen molar-refractivity contribution in [2.75, 3.05) is 0 Å². The van der Waals surface area contributed by atoms with E-state index < -0.39 is 0 Å². The van der Waals surface area contributed by atoms with Crippen LogP contribution in [0.3, 0.4) is 0 Å². The molecule has 2 heteroatoms. The van der Waals surface area contributed by atoms with Crippen molar-refractivity contribution in [1.82, 2.24) is 0 Å². The lowest BCUT2D eigenvalue weighted by Gasteiger charge is -2.01. The molecule has 0 unspecified atom stereocenters. The number of fused-ring (bicyclic) bond motifs is 1. The van der Waals surface area contributed by atoms with Crippen molar-refractivity contribution in [3.63, 3.8) is 0 Å². The van der Waals surface area contributed by atoms with Crippen LogP contribution in [0.4, 0.5) is 0 Å². The van der Waals surface area contributed by atoms with E-state index in [4.69, 9.17) is 5.11 Å². The van der Waals surface area contributed by atoms with E-state index in [9.17, 15) is 4.79 Å². The molecule has 2 nitrogen and oxygen atoms in total. The van der Waals surface area contributed by atoms with E-state index >= 15 is 0 Å². The number of carbonyl (C=O) groups excluding carboxylic acids is 1. The number of aldehydes is 1. The lowest BCUT2D eigenvalue weighted by molar-refractivity contribution is 0.112. The molecule has 0 heterocycles. The van der Waals surface area contributed by atoms with Gasteiger partial charge in [-0.2, -0.15) is 0 Å². The van der Waals surface area contributed by atoms with Crippen LogP contribution in [0.25, 0.3) is 10.8 Å². The molecular weight excluding hydrogens is 176 g/mol. The number of aliphatic hydroxyl groups is 1. The van der Waals surface area contributed by atoms with Crippen LogP contribution in [0.15, 0.2) is 36.4 Å². The van der Waals surface area contributed by atoms with Crippen molar-refractivity contribution in [3.05, 3.63) is 47.5 Å². The average Bonchev–Trinajstić information content (AvgIpc) is 2.27. The molecule has 1 N–H and O–H groups in total. The van der Waals surface area contributed by atoms with E-state index in [1.807, 2.05) is 30.3 Å². The molecule has 0 saturated heterocycles. The van der Waals surface area contributed by atoms with E-state index in [1.165, 1.54) is 0 Å². The number of hydrogen-bond donors (Lipinski definition) is 1. The van der Waals surface area contributed by atoms with Gasteiger partial charge >= 0.3 is 0 Å². The van der Waals surface area contributed by atoms with E-state index in [-0.39, 0.29) is 6.61 Å². The minimum absolute atomic E-state index is 0.0470. The third-order valence-corrected chi connectivity index (χ3v) is 2.25. The number of hydrogen-bond acceptors (Lipinski definition) is 2. The van der Waals surface area contributed by atoms with Gasteiger partial charge in [0.2, 0.25) is 0 Å². The molecular formula is C12H10O2. The summed E-state index contributed by atoms with van der Waals surface area (Å²) in [4.78, 5) is 10.5. The Morgan fingerprint density at radius 1 is 1.07 bits per heavy atom. The van der Waals surface area contributed by atoms with Gasteiger partial charge in [-0.05, 0) is 28.5 Å². The molecule has 2 rings (SSSR count). The summed E-state index contributed by atoms with van der Waals surface area (Å²) < 4.78 is 0. The van der Waals surface area contributed by atoms with Crippen LogP contribution >= 0.6 is 0 Å². The van der Waals surface area contributed by atoms with Crippen LogP contribution in [-0.4, -0.2) is 11.4 Å². The van der Waals surface area contributed by atoms with Gasteiger partial charge < -0.3 is 5.11 Å². The first-order valence-corrected chi connectivity index (χ1v) is 4.42. The maximum absolute atomic E-state index is 10.5. The first kappa shape index (κ1) is 8.91. The van der Waals surface area contributed by atoms with Gasteiger partial charge in [0.15, 0.2) is 0 Å². The second-order valence-electron chi connectivity index (χ2n) is 3.22. The van der Waals surface area contributed by atoms with Crippen molar-refractivity contribution in [2.45, 2.75) is 6.61 Å². The molecule has 0 radical (unpaired) electrons. The van der Waals surface area contributed by atoms with E-state index in [1.54, 1.807) is 6.07 Å². The largest absolute Gasteiger partial charge is 0.392 e. The predicted molar refractivity (Wildman–Crippen MR) is 55.3 cm³/mol. The Hall–Kier alpha value is -1.67. The SMILES string of the molecule is O=Cc1ccc2cc(CO)ccc2c1. The Labute approximate surface area is 81.8 Å². The van der Waals surface area contributed by atoms with Crippen molar-refractivity contribution in [1.29, 1.82) is 0 Å². The fraction of sp³-hybridized carbons (Fsp3) is 0.0833. The molecule has 2 aromatic carbocycles. The van der Waals surface area contributed by atoms with Crippen molar-refractivity contribution < 1.29 is 9.90 Å². The zero-order valence-electron chi connectivity index (χ0n) is 7.60. The van der Waals surface area contributed by atoms with Crippen molar-refractivity contribution >= 4 is 17.1 Å². The van der Waals surface area contributed by atoms with Crippen molar-refractivity contribution in [2.24, 2.45) is 0 Å². The zero-order valence-corrected chi connectivity index (χ0v) is 7.60. The summed E-state index contributed by atoms with van der Waals surface area (Å²) in [5.74, 6) is 0. The molecule has 0 fully saturated rings. The fourth-order valence-corrected chi connectivity index (χ4v) is 1.49. The van der Waals surface area contributed by atoms with E-state index in [2.05, 4.69) is 0 Å². The summed E-state index contributed by atoms with van der Waals surface area (Å²) in [6, 6.07) is 11.2. The van der Waals surface area contributed by atoms with E-state index in [0.717, 1.165) is 22.6 Å². The second-order valence-corrected chi connectivity index (χ2v) is 3.22. The molecule has 0 spiro atoms. The number of benzene rings is 2. The Morgan fingerprint density at radius 3 is 2.50 bits per heavy atom. The summed E-state index contributed by atoms with van der Waals surface area (Å²) >= 11 is 0. The summed E-state index contributed by atoms with van der Waals surface area (Å²) in [5, 5.41) is 11.0. The van der Waals surface area contributed by atoms with Crippen LogP contribution in [0.2, 0.25) is 0 Å². The molecule has 0 aliphatic carbocycles. The number of aliphatic hydroxyl groups excluding tert-OH is 1. The molecule has 0 aliphatic rings. The Morgan fingerprint density at radius 2 is 1.79 bits per heavy atom. The molecule has 0 atom stereocenters. The minimum atomic E-state index is 0.0470. The normalized spacial score (nSPS) is 10.4. The van der Waals surface area contributed by atoms with Crippen LogP contribution in [0.5, 0.6) is 0 Å². The summed E-state index contributed by atoms with van der Waals surface area (Å²) in [6.45, 7) is 0.0470. The summed E-state index contributed by atoms with van der Waals surface area (Å²) in [6.07, 6.45) is 0.833. The summed E-state index contributed by atoms with van der Waals surface area (Å²) in [7, 11) is 0. The molecule has 14 heavy (non-hydrogen) atoms. The lowest BCUT2D eigenvalue weighted by Crippen LogP contribution is -1.84. The quantitative estimate of drug-likeness (QED) is 0.729. The summed E-state index contributed by atoms with van der Waals surface area (Å²) in [5.41, 5.74) is 1.56. The van der Waals surface area contributed by atoms with Gasteiger partial charge in [-0.3, -0.25) is 4.79 Å². The molecule has 0 saturated carbocycles. The highest BCUT2D eigenvalue weighted by Crippen LogP contribution is 2.17. The molecule has 0 amide bonds. The molecule has 0 aliphatic heterocycles. The Balaban J connectivity index is 2.63. The first-order chi connectivity index (χ1) is 6.83. The standard InChI is InChI=1S/C12H10O2/c13-7-9-1-3-11-6-10(8-14)2-4-12(11)5-9/h1-7,14H,8H2. The molecule has 0 aromatic heterocycles. The maximum Gasteiger partial charge on any atom is 0.150 e. The molecule has 70 valence electrons. The maximum atomic E-state index is 10.5. The zero-order chi connectivity index (χ0) is 9.97. The van der Waals surface area contributed by atoms with Gasteiger partial charge in [0.1, 0.15) is 6.29 Å². The van der Waals surface area contributed by atoms with E-state index in [0.29, 0.717) is 5.56 Å². The van der Waals surface area contributed by atoms with Gasteiger partial charge in [0.05, 0.1) is 6.61 Å². The Bertz CT molecular complexity index is 475. The highest BCUT2D eigenvalue weighted by atomic mass is 16.3. The second kappa shape index (κ2) is 3.60. The third kappa shape index (κ3) is 1.52. The fourth-order valence-electron chi connectivity index (χ4n) is 1.49. The Kier molecular flexibility index (Phi) is 2.29. The van der Waals surface area contributed by atoms with Gasteiger partial charge in [-0.15, -0.1) is 0 Å². The third-order valence-electron chi connectivity index (χ3n) is 2.25. The molecule has 0 bridgehead atoms. The van der Waals surface area contributed by atoms with Crippen LogP contribution in [-0.2, 0) is 6.61 Å². The van der Waals surface area contributed by atoms with Gasteiger partial charge in [0.25, 0.3) is 0 Å². The monoisotopic (exact) mass is 186 g/mol. The average molecular weight is 186 g/mol. The first-order valence-electron chi connectivity index (χ1n) is 4.42. The number of carbonyl (C=O) groups is 1. The minimum Gasteiger partial charge on any atom is -0.392 e. The number of rotatable bonds is 2. The molecule has 2 aromatic rings. The van der Waals surface area contributed by atoms with Crippen molar-refractivity contribution in [3.8, 4) is 0 Å².